The highest BCUT2D eigenvalue weighted by atomic mass is 32.1. The molecule has 0 amide bonds. The average molecular weight is 276 g/mol. The third-order valence-electron chi connectivity index (χ3n) is 2.52. The summed E-state index contributed by atoms with van der Waals surface area (Å²) in [5, 5.41) is 1.96. The van der Waals surface area contributed by atoms with Gasteiger partial charge in [-0.1, -0.05) is 36.4 Å². The molecule has 0 spiro atoms. The molecule has 0 saturated heterocycles. The molecule has 4 heteroatoms. The van der Waals surface area contributed by atoms with E-state index in [-0.39, 0.29) is 12.4 Å². The minimum Gasteiger partial charge on any atom is -0.460 e. The maximum absolute atomic E-state index is 11.5. The van der Waals surface area contributed by atoms with Crippen molar-refractivity contribution in [2.45, 2.75) is 19.6 Å². The van der Waals surface area contributed by atoms with E-state index in [0.29, 0.717) is 19.8 Å². The third-order valence-corrected chi connectivity index (χ3v) is 3.37. The number of hydrogen-bond donors (Lipinski definition) is 0. The Morgan fingerprint density at radius 1 is 1.05 bits per heavy atom. The zero-order valence-electron chi connectivity index (χ0n) is 10.6. The van der Waals surface area contributed by atoms with Gasteiger partial charge in [0, 0.05) is 4.88 Å². The monoisotopic (exact) mass is 276 g/mol. The van der Waals surface area contributed by atoms with E-state index in [1.54, 1.807) is 11.3 Å². The molecule has 0 fully saturated rings. The SMILES string of the molecule is O=C(CCOCc1ccccc1)OCc1cccs1. The van der Waals surface area contributed by atoms with Crippen LogP contribution in [-0.2, 0) is 27.5 Å². The molecule has 0 aliphatic carbocycles. The molecule has 0 radical (unpaired) electrons. The lowest BCUT2D eigenvalue weighted by Gasteiger charge is -2.05. The first-order valence-electron chi connectivity index (χ1n) is 6.14. The van der Waals surface area contributed by atoms with Crippen LogP contribution >= 0.6 is 11.3 Å². The van der Waals surface area contributed by atoms with Gasteiger partial charge in [-0.3, -0.25) is 4.79 Å². The summed E-state index contributed by atoms with van der Waals surface area (Å²) in [6, 6.07) is 13.8. The number of carbonyl (C=O) groups is 1. The third kappa shape index (κ3) is 5.24. The van der Waals surface area contributed by atoms with Gasteiger partial charge in [0.05, 0.1) is 19.6 Å². The lowest BCUT2D eigenvalue weighted by molar-refractivity contribution is -0.146. The Bertz CT molecular complexity index is 479. The fraction of sp³-hybridized carbons (Fsp3) is 0.267. The Hall–Kier alpha value is -1.65. The van der Waals surface area contributed by atoms with Crippen LogP contribution in [-0.4, -0.2) is 12.6 Å². The minimum absolute atomic E-state index is 0.221. The van der Waals surface area contributed by atoms with Crippen molar-refractivity contribution >= 4 is 17.3 Å². The number of rotatable bonds is 7. The second-order valence-corrected chi connectivity index (χ2v) is 5.06. The molecule has 2 aromatic rings. The Kier molecular flexibility index (Phi) is 5.59. The Labute approximate surface area is 116 Å². The van der Waals surface area contributed by atoms with Crippen molar-refractivity contribution in [3.05, 3.63) is 58.3 Å². The summed E-state index contributed by atoms with van der Waals surface area (Å²) in [6.45, 7) is 1.27. The lowest BCUT2D eigenvalue weighted by Crippen LogP contribution is -2.08. The fourth-order valence-corrected chi connectivity index (χ4v) is 2.15. The molecule has 2 rings (SSSR count). The summed E-state index contributed by atoms with van der Waals surface area (Å²) in [5.41, 5.74) is 1.11. The molecule has 0 bridgehead atoms. The predicted octanol–water partition coefficient (Wildman–Crippen LogP) is 3.40. The number of carbonyl (C=O) groups excluding carboxylic acids is 1. The number of ether oxygens (including phenoxy) is 2. The maximum Gasteiger partial charge on any atom is 0.308 e. The van der Waals surface area contributed by atoms with Crippen LogP contribution in [0, 0.1) is 0 Å². The second-order valence-electron chi connectivity index (χ2n) is 4.03. The molecule has 19 heavy (non-hydrogen) atoms. The van der Waals surface area contributed by atoms with Crippen molar-refractivity contribution in [1.29, 1.82) is 0 Å². The Balaban J connectivity index is 1.57. The van der Waals surface area contributed by atoms with Crippen LogP contribution in [0.3, 0.4) is 0 Å². The van der Waals surface area contributed by atoms with Gasteiger partial charge in [0.15, 0.2) is 0 Å². The zero-order chi connectivity index (χ0) is 13.3. The summed E-state index contributed by atoms with van der Waals surface area (Å²) in [7, 11) is 0. The summed E-state index contributed by atoms with van der Waals surface area (Å²) >= 11 is 1.58. The van der Waals surface area contributed by atoms with Crippen LogP contribution in [0.4, 0.5) is 0 Å². The van der Waals surface area contributed by atoms with Crippen LogP contribution in [0.25, 0.3) is 0 Å². The lowest BCUT2D eigenvalue weighted by atomic mass is 10.2. The molecule has 0 aliphatic heterocycles. The Morgan fingerprint density at radius 3 is 2.63 bits per heavy atom. The van der Waals surface area contributed by atoms with Gasteiger partial charge in [-0.25, -0.2) is 0 Å². The van der Waals surface area contributed by atoms with Gasteiger partial charge in [-0.05, 0) is 17.0 Å². The van der Waals surface area contributed by atoms with E-state index in [0.717, 1.165) is 10.4 Å². The summed E-state index contributed by atoms with van der Waals surface area (Å²) in [5.74, 6) is -0.221. The largest absolute Gasteiger partial charge is 0.460 e. The quantitative estimate of drug-likeness (QED) is 0.574. The molecule has 3 nitrogen and oxygen atoms in total. The first kappa shape index (κ1) is 13.8. The number of hydrogen-bond acceptors (Lipinski definition) is 4. The molecule has 0 saturated carbocycles. The summed E-state index contributed by atoms with van der Waals surface area (Å²) in [4.78, 5) is 12.5. The van der Waals surface area contributed by atoms with Crippen molar-refractivity contribution < 1.29 is 14.3 Å². The summed E-state index contributed by atoms with van der Waals surface area (Å²) < 4.78 is 10.6. The summed E-state index contributed by atoms with van der Waals surface area (Å²) in [6.07, 6.45) is 0.290. The number of esters is 1. The van der Waals surface area contributed by atoms with E-state index in [4.69, 9.17) is 9.47 Å². The van der Waals surface area contributed by atoms with E-state index < -0.39 is 0 Å². The molecule has 100 valence electrons. The van der Waals surface area contributed by atoms with Crippen molar-refractivity contribution in [3.63, 3.8) is 0 Å². The topological polar surface area (TPSA) is 35.5 Å². The van der Waals surface area contributed by atoms with Gasteiger partial charge in [-0.2, -0.15) is 0 Å². The van der Waals surface area contributed by atoms with Crippen LogP contribution in [0.5, 0.6) is 0 Å². The standard InChI is InChI=1S/C15H16O3S/c16-15(18-12-14-7-4-10-19-14)8-9-17-11-13-5-2-1-3-6-13/h1-7,10H,8-9,11-12H2. The molecule has 0 unspecified atom stereocenters. The van der Waals surface area contributed by atoms with E-state index >= 15 is 0 Å². The molecule has 1 heterocycles. The van der Waals surface area contributed by atoms with Crippen LogP contribution in [0.15, 0.2) is 47.8 Å². The van der Waals surface area contributed by atoms with Crippen molar-refractivity contribution in [1.82, 2.24) is 0 Å². The van der Waals surface area contributed by atoms with Crippen molar-refractivity contribution in [3.8, 4) is 0 Å². The zero-order valence-corrected chi connectivity index (χ0v) is 11.4. The van der Waals surface area contributed by atoms with Gasteiger partial charge in [0.2, 0.25) is 0 Å². The van der Waals surface area contributed by atoms with Crippen molar-refractivity contribution in [2.24, 2.45) is 0 Å². The fourth-order valence-electron chi connectivity index (χ4n) is 1.54. The normalized spacial score (nSPS) is 10.3. The van der Waals surface area contributed by atoms with Gasteiger partial charge < -0.3 is 9.47 Å². The molecular weight excluding hydrogens is 260 g/mol. The highest BCUT2D eigenvalue weighted by Gasteiger charge is 2.04. The first-order chi connectivity index (χ1) is 9.34. The van der Waals surface area contributed by atoms with Gasteiger partial charge in [-0.15, -0.1) is 11.3 Å². The molecule has 0 aliphatic rings. The highest BCUT2D eigenvalue weighted by molar-refractivity contribution is 7.09. The second kappa shape index (κ2) is 7.71. The average Bonchev–Trinajstić information content (AvgIpc) is 2.96. The molecule has 0 N–H and O–H groups in total. The molecule has 0 atom stereocenters. The molecule has 1 aromatic carbocycles. The molecular formula is C15H16O3S. The van der Waals surface area contributed by atoms with Gasteiger partial charge in [0.1, 0.15) is 6.61 Å². The smallest absolute Gasteiger partial charge is 0.308 e. The molecule has 1 aromatic heterocycles. The Morgan fingerprint density at radius 2 is 1.89 bits per heavy atom. The van der Waals surface area contributed by atoms with Crippen LogP contribution in [0.1, 0.15) is 16.9 Å². The minimum atomic E-state index is -0.221. The van der Waals surface area contributed by atoms with Crippen LogP contribution < -0.4 is 0 Å². The van der Waals surface area contributed by atoms with E-state index in [9.17, 15) is 4.79 Å². The number of benzene rings is 1. The van der Waals surface area contributed by atoms with Gasteiger partial charge in [0.25, 0.3) is 0 Å². The maximum atomic E-state index is 11.5. The van der Waals surface area contributed by atoms with Gasteiger partial charge >= 0.3 is 5.97 Å². The first-order valence-corrected chi connectivity index (χ1v) is 7.02. The van der Waals surface area contributed by atoms with E-state index in [1.807, 2.05) is 47.8 Å². The van der Waals surface area contributed by atoms with Crippen LogP contribution in [0.2, 0.25) is 0 Å². The predicted molar refractivity (Wildman–Crippen MR) is 74.8 cm³/mol. The van der Waals surface area contributed by atoms with E-state index in [2.05, 4.69) is 0 Å². The van der Waals surface area contributed by atoms with Crippen molar-refractivity contribution in [2.75, 3.05) is 6.61 Å². The highest BCUT2D eigenvalue weighted by Crippen LogP contribution is 2.10. The van der Waals surface area contributed by atoms with E-state index in [1.165, 1.54) is 0 Å². The number of thiophene rings is 1.